The number of aromatic nitrogens is 3. The van der Waals surface area contributed by atoms with Crippen molar-refractivity contribution in [2.45, 2.75) is 64.6 Å². The highest BCUT2D eigenvalue weighted by atomic mass is 35.5. The molecule has 1 fully saturated rings. The molecule has 5 heterocycles. The number of halogens is 5. The van der Waals surface area contributed by atoms with E-state index in [2.05, 4.69) is 30.5 Å². The van der Waals surface area contributed by atoms with Gasteiger partial charge in [-0.25, -0.2) is 19.3 Å². The monoisotopic (exact) mass is 1010 g/mol. The molecule has 14 nitrogen and oxygen atoms in total. The molecule has 0 radical (unpaired) electrons. The molecule has 3 aliphatic heterocycles. The van der Waals surface area contributed by atoms with E-state index in [0.717, 1.165) is 41.8 Å². The minimum Gasteiger partial charge on any atom is -0.497 e. The molecule has 0 saturated carbocycles. The van der Waals surface area contributed by atoms with Gasteiger partial charge in [-0.3, -0.25) is 4.99 Å². The van der Waals surface area contributed by atoms with Crippen molar-refractivity contribution >= 4 is 29.1 Å². The van der Waals surface area contributed by atoms with E-state index in [1.807, 2.05) is 67.4 Å². The van der Waals surface area contributed by atoms with E-state index in [4.69, 9.17) is 40.3 Å². The molecule has 2 N–H and O–H groups in total. The van der Waals surface area contributed by atoms with Crippen molar-refractivity contribution in [3.8, 4) is 34.3 Å². The minimum atomic E-state index is -5.00. The van der Waals surface area contributed by atoms with E-state index in [1.54, 1.807) is 62.9 Å². The van der Waals surface area contributed by atoms with Crippen LogP contribution in [0.3, 0.4) is 0 Å². The van der Waals surface area contributed by atoms with Gasteiger partial charge in [-0.2, -0.15) is 13.2 Å². The van der Waals surface area contributed by atoms with Gasteiger partial charge in [-0.1, -0.05) is 48.0 Å². The summed E-state index contributed by atoms with van der Waals surface area (Å²) in [5.41, 5.74) is 0.543. The topological polar surface area (TPSA) is 131 Å². The lowest BCUT2D eigenvalue weighted by Crippen LogP contribution is -2.45. The molecular formula is C53H54ClF4N9O5. The number of anilines is 2. The first kappa shape index (κ1) is 49.7. The quantitative estimate of drug-likeness (QED) is 0.0844. The second-order valence-electron chi connectivity index (χ2n) is 17.7. The number of methoxy groups -OCH3 is 3. The number of alkyl halides is 3. The Kier molecular flexibility index (Phi) is 14.6. The molecule has 4 aromatic carbocycles. The lowest BCUT2D eigenvalue weighted by Gasteiger charge is -2.31. The Bertz CT molecular complexity index is 3040. The summed E-state index contributed by atoms with van der Waals surface area (Å²) in [4.78, 5) is 24.1. The zero-order valence-electron chi connectivity index (χ0n) is 40.6. The van der Waals surface area contributed by atoms with E-state index in [-0.39, 0.29) is 65.3 Å². The van der Waals surface area contributed by atoms with Crippen molar-refractivity contribution in [2.24, 2.45) is 4.99 Å². The lowest BCUT2D eigenvalue weighted by molar-refractivity contribution is -0.137. The fourth-order valence-corrected chi connectivity index (χ4v) is 9.55. The standard InChI is InChI=1S/C53H54ClF4N9O5/c1-31-22-41(66(25-34-11-17-38(69-5)18-12-34)26-35-13-19-39(70-6)20-14-35)64-48(45(31)53(56,57)58)43-46(54)49-44-50(47(43)55)72-42(71-28-36-8-7-21-65(36)3)27-67(52(44)63-30-61-49)32(2)40-24-59-29-62-51(40)60-23-33-9-15-37(68-4)16-10-33/h9-20,22,24,27,29,32,36,63H,7-8,21,23,25-26,28,30H2,1-6H3,(H,59,60,62)/t32?,36-/m0/s1. The van der Waals surface area contributed by atoms with Crippen LogP contribution >= 0.6 is 11.6 Å². The van der Waals surface area contributed by atoms with Crippen LogP contribution in [-0.4, -0.2) is 79.0 Å². The predicted octanol–water partition coefficient (Wildman–Crippen LogP) is 9.11. The van der Waals surface area contributed by atoms with Gasteiger partial charge in [-0.15, -0.1) is 0 Å². The SMILES string of the molecule is COc1ccc(CNc2ncncc2C(C)N2C=C(OC[C@@H]3CCCN3C)Oc3c(F)c(-c4nc(N(Cc5ccc(OC)cc5)Cc5ccc(OC)cc5)cc(C)c4C(F)(F)F)c(Cl)c4c3=C2NCN=4)cc1. The molecule has 376 valence electrons. The normalized spacial score (nSPS) is 15.8. The van der Waals surface area contributed by atoms with E-state index >= 15 is 17.6 Å². The number of pyridine rings is 1. The maximum Gasteiger partial charge on any atom is 0.418 e. The molecule has 2 atom stereocenters. The Hall–Kier alpha value is -7.31. The van der Waals surface area contributed by atoms with Crippen molar-refractivity contribution in [3.63, 3.8) is 0 Å². The highest BCUT2D eigenvalue weighted by Gasteiger charge is 2.41. The van der Waals surface area contributed by atoms with Gasteiger partial charge in [0, 0.05) is 37.4 Å². The van der Waals surface area contributed by atoms with Crippen LogP contribution in [0.25, 0.3) is 17.1 Å². The fourth-order valence-electron chi connectivity index (χ4n) is 9.22. The first-order valence-electron chi connectivity index (χ1n) is 23.4. The second kappa shape index (κ2) is 21.2. The van der Waals surface area contributed by atoms with Gasteiger partial charge in [0.15, 0.2) is 11.6 Å². The second-order valence-corrected chi connectivity index (χ2v) is 18.1. The summed E-state index contributed by atoms with van der Waals surface area (Å²) in [5.74, 6) is 1.24. The summed E-state index contributed by atoms with van der Waals surface area (Å²) in [6.45, 7) is 5.06. The lowest BCUT2D eigenvalue weighted by atomic mass is 9.98. The number of ether oxygens (including phenoxy) is 5. The number of nitrogens with one attached hydrogen (secondary N) is 2. The molecule has 2 aromatic heterocycles. The predicted molar refractivity (Wildman–Crippen MR) is 265 cm³/mol. The average molecular weight is 1010 g/mol. The van der Waals surface area contributed by atoms with Crippen molar-refractivity contribution in [2.75, 3.05) is 58.4 Å². The van der Waals surface area contributed by atoms with Gasteiger partial charge >= 0.3 is 12.1 Å². The molecular weight excluding hydrogens is 954 g/mol. The summed E-state index contributed by atoms with van der Waals surface area (Å²) in [6.07, 6.45) is 1.54. The van der Waals surface area contributed by atoms with Crippen LogP contribution in [0.5, 0.6) is 23.0 Å². The third kappa shape index (κ3) is 10.4. The molecule has 0 aliphatic carbocycles. The number of hydrogen-bond donors (Lipinski definition) is 2. The van der Waals surface area contributed by atoms with Crippen molar-refractivity contribution in [1.82, 2.24) is 30.1 Å². The zero-order valence-corrected chi connectivity index (χ0v) is 41.4. The third-order valence-corrected chi connectivity index (χ3v) is 13.5. The first-order chi connectivity index (χ1) is 34.7. The van der Waals surface area contributed by atoms with Gasteiger partial charge in [0.05, 0.1) is 66.0 Å². The van der Waals surface area contributed by atoms with Crippen molar-refractivity contribution in [1.29, 1.82) is 0 Å². The van der Waals surface area contributed by atoms with Crippen LogP contribution in [0.2, 0.25) is 5.02 Å². The number of nitrogens with zero attached hydrogens (tertiary/aromatic N) is 7. The molecule has 0 amide bonds. The average Bonchev–Trinajstić information content (AvgIpc) is 3.72. The van der Waals surface area contributed by atoms with Crippen LogP contribution in [0.4, 0.5) is 29.2 Å². The fraction of sp³-hybridized carbons (Fsp3) is 0.321. The third-order valence-electron chi connectivity index (χ3n) is 13.2. The highest BCUT2D eigenvalue weighted by molar-refractivity contribution is 6.33. The van der Waals surface area contributed by atoms with Crippen molar-refractivity contribution < 1.29 is 41.2 Å². The smallest absolute Gasteiger partial charge is 0.418 e. The number of benzene rings is 4. The molecule has 9 rings (SSSR count). The van der Waals surface area contributed by atoms with E-state index in [1.165, 1.54) is 19.3 Å². The van der Waals surface area contributed by atoms with Crippen LogP contribution < -0.4 is 45.1 Å². The molecule has 72 heavy (non-hydrogen) atoms. The molecule has 6 aromatic rings. The van der Waals surface area contributed by atoms with Gasteiger partial charge in [0.2, 0.25) is 0 Å². The van der Waals surface area contributed by atoms with Crippen LogP contribution in [-0.2, 0) is 30.5 Å². The Balaban J connectivity index is 1.19. The zero-order chi connectivity index (χ0) is 50.7. The Labute approximate surface area is 419 Å². The minimum absolute atomic E-state index is 0.00709. The molecule has 1 saturated heterocycles. The maximum absolute atomic E-state index is 18.2. The summed E-state index contributed by atoms with van der Waals surface area (Å²) in [7, 11) is 6.73. The highest BCUT2D eigenvalue weighted by Crippen LogP contribution is 2.44. The molecule has 0 bridgehead atoms. The molecule has 19 heteroatoms. The van der Waals surface area contributed by atoms with E-state index in [0.29, 0.717) is 35.2 Å². The molecule has 1 unspecified atom stereocenters. The van der Waals surface area contributed by atoms with Gasteiger partial charge in [-0.05, 0) is 105 Å². The number of hydrogen-bond acceptors (Lipinski definition) is 14. The van der Waals surface area contributed by atoms with Gasteiger partial charge in [0.25, 0.3) is 0 Å². The first-order valence-corrected chi connectivity index (χ1v) is 23.7. The van der Waals surface area contributed by atoms with Crippen LogP contribution in [0, 0.1) is 12.7 Å². The Morgan fingerprint density at radius 3 is 2.14 bits per heavy atom. The van der Waals surface area contributed by atoms with Crippen LogP contribution in [0.15, 0.2) is 109 Å². The van der Waals surface area contributed by atoms with Crippen molar-refractivity contribution in [3.05, 3.63) is 158 Å². The van der Waals surface area contributed by atoms with E-state index in [9.17, 15) is 0 Å². The number of likely N-dealkylation sites (N-methyl/N-ethyl adjacent to an activating group) is 1. The Morgan fingerprint density at radius 1 is 0.931 bits per heavy atom. The molecule has 3 aliphatic rings. The summed E-state index contributed by atoms with van der Waals surface area (Å²) < 4.78 is 93.9. The number of likely N-dealkylation sites (tertiary alicyclic amines) is 1. The van der Waals surface area contributed by atoms with Gasteiger partial charge in [0.1, 0.15) is 54.3 Å². The Morgan fingerprint density at radius 2 is 1.56 bits per heavy atom. The summed E-state index contributed by atoms with van der Waals surface area (Å²) in [5, 5.41) is 6.42. The van der Waals surface area contributed by atoms with E-state index < -0.39 is 40.6 Å². The van der Waals surface area contributed by atoms with Gasteiger partial charge < -0.3 is 49.0 Å². The number of aryl methyl sites for hydroxylation is 1. The number of rotatable bonds is 17. The maximum atomic E-state index is 18.2. The molecule has 0 spiro atoms. The largest absolute Gasteiger partial charge is 0.497 e. The summed E-state index contributed by atoms with van der Waals surface area (Å²) in [6, 6.07) is 23.0. The summed E-state index contributed by atoms with van der Waals surface area (Å²) >= 11 is 7.26. The van der Waals surface area contributed by atoms with Crippen LogP contribution in [0.1, 0.15) is 59.2 Å².